The van der Waals surface area contributed by atoms with Crippen LogP contribution < -0.4 is 10.4 Å². The molecule has 0 saturated heterocycles. The van der Waals surface area contributed by atoms with Crippen molar-refractivity contribution < 1.29 is 8.63 Å². The first-order chi connectivity index (χ1) is 15.2. The van der Waals surface area contributed by atoms with Gasteiger partial charge in [0.15, 0.2) is 0 Å². The van der Waals surface area contributed by atoms with Crippen molar-refractivity contribution in [2.24, 2.45) is 0 Å². The van der Waals surface area contributed by atoms with Gasteiger partial charge in [0, 0.05) is 11.7 Å². The van der Waals surface area contributed by atoms with E-state index in [1.807, 2.05) is 43.3 Å². The summed E-state index contributed by atoms with van der Waals surface area (Å²) in [5.41, 5.74) is 1.14. The van der Waals surface area contributed by atoms with E-state index in [9.17, 15) is 4.21 Å². The van der Waals surface area contributed by atoms with Gasteiger partial charge in [-0.15, -0.1) is 0 Å². The Balaban J connectivity index is 1.89. The first-order valence-corrected chi connectivity index (χ1v) is 14.1. The Hall–Kier alpha value is -2.45. The fourth-order valence-electron chi connectivity index (χ4n) is 4.01. The van der Waals surface area contributed by atoms with Crippen LogP contribution in [0.5, 0.6) is 0 Å². The van der Waals surface area contributed by atoms with Gasteiger partial charge in [-0.1, -0.05) is 105 Å². The zero-order valence-corrected chi connectivity index (χ0v) is 21.4. The maximum absolute atomic E-state index is 12.5. The average Bonchev–Trinajstić information content (AvgIpc) is 2.78. The highest BCUT2D eigenvalue weighted by Gasteiger charge is 2.50. The maximum atomic E-state index is 12.5. The molecule has 0 aromatic heterocycles. The molecule has 166 valence electrons. The van der Waals surface area contributed by atoms with E-state index in [1.54, 1.807) is 0 Å². The molecule has 0 fully saturated rings. The summed E-state index contributed by atoms with van der Waals surface area (Å²) in [5.74, 6) is 3.12. The topological polar surface area (TPSA) is 26.3 Å². The zero-order chi connectivity index (χ0) is 23.2. The molecule has 2 nitrogen and oxygen atoms in total. The first-order valence-electron chi connectivity index (χ1n) is 11.0. The van der Waals surface area contributed by atoms with Crippen molar-refractivity contribution in [3.63, 3.8) is 0 Å². The highest BCUT2D eigenvalue weighted by atomic mass is 32.2. The van der Waals surface area contributed by atoms with Gasteiger partial charge in [0.2, 0.25) is 0 Å². The Bertz CT molecular complexity index is 1050. The molecule has 3 aromatic carbocycles. The van der Waals surface area contributed by atoms with Crippen molar-refractivity contribution >= 4 is 29.5 Å². The van der Waals surface area contributed by atoms with Gasteiger partial charge in [0.1, 0.15) is 10.8 Å². The summed E-state index contributed by atoms with van der Waals surface area (Å²) in [6, 6.07) is 28.9. The van der Waals surface area contributed by atoms with Crippen LogP contribution in [0.1, 0.15) is 39.7 Å². The monoisotopic (exact) mass is 460 g/mol. The van der Waals surface area contributed by atoms with Gasteiger partial charge < -0.3 is 4.43 Å². The van der Waals surface area contributed by atoms with Crippen molar-refractivity contribution in [3.05, 3.63) is 90.5 Å². The van der Waals surface area contributed by atoms with Crippen LogP contribution in [0.15, 0.2) is 89.8 Å². The van der Waals surface area contributed by atoms with Gasteiger partial charge in [-0.05, 0) is 41.4 Å². The van der Waals surface area contributed by atoms with E-state index in [-0.39, 0.29) is 11.1 Å². The van der Waals surface area contributed by atoms with Crippen molar-refractivity contribution in [2.45, 2.75) is 57.1 Å². The Kier molecular flexibility index (Phi) is 7.90. The number of hydrogen-bond acceptors (Lipinski definition) is 2. The largest absolute Gasteiger partial charge is 0.404 e. The third kappa shape index (κ3) is 5.47. The van der Waals surface area contributed by atoms with Crippen LogP contribution in [-0.4, -0.2) is 18.6 Å². The highest BCUT2D eigenvalue weighted by Crippen LogP contribution is 2.37. The molecule has 32 heavy (non-hydrogen) atoms. The highest BCUT2D eigenvalue weighted by molar-refractivity contribution is 7.89. The SMILES string of the molecule is Cc1ccc([S@](=O)C#CCC(C)O[Si](c2ccccc2)(c2ccccc2)C(C)(C)C)cc1. The summed E-state index contributed by atoms with van der Waals surface area (Å²) in [6.45, 7) is 10.9. The van der Waals surface area contributed by atoms with Crippen LogP contribution in [0.25, 0.3) is 0 Å². The number of rotatable bonds is 6. The minimum absolute atomic E-state index is 0.0812. The van der Waals surface area contributed by atoms with E-state index in [2.05, 4.69) is 87.4 Å². The number of aryl methyl sites for hydroxylation is 1. The van der Waals surface area contributed by atoms with Gasteiger partial charge in [-0.3, -0.25) is 0 Å². The minimum Gasteiger partial charge on any atom is -0.404 e. The molecule has 0 spiro atoms. The lowest BCUT2D eigenvalue weighted by Gasteiger charge is -2.44. The molecule has 2 atom stereocenters. The van der Waals surface area contributed by atoms with E-state index < -0.39 is 19.1 Å². The zero-order valence-electron chi connectivity index (χ0n) is 19.6. The molecular weight excluding hydrogens is 428 g/mol. The Morgan fingerprint density at radius 1 is 0.875 bits per heavy atom. The van der Waals surface area contributed by atoms with Crippen molar-refractivity contribution in [3.8, 4) is 11.2 Å². The van der Waals surface area contributed by atoms with Crippen LogP contribution in [0.3, 0.4) is 0 Å². The summed E-state index contributed by atoms with van der Waals surface area (Å²) < 4.78 is 19.5. The van der Waals surface area contributed by atoms with Crippen LogP contribution in [0, 0.1) is 18.1 Å². The normalized spacial score (nSPS) is 13.7. The fraction of sp³-hybridized carbons (Fsp3) is 0.286. The van der Waals surface area contributed by atoms with Crippen molar-refractivity contribution in [1.82, 2.24) is 0 Å². The summed E-state index contributed by atoms with van der Waals surface area (Å²) >= 11 is 0. The fourth-order valence-corrected chi connectivity index (χ4v) is 9.42. The number of hydrogen-bond donors (Lipinski definition) is 0. The van der Waals surface area contributed by atoms with Crippen LogP contribution in [0.4, 0.5) is 0 Å². The molecule has 1 unspecified atom stereocenters. The molecule has 3 aromatic rings. The van der Waals surface area contributed by atoms with Crippen LogP contribution in [-0.2, 0) is 15.2 Å². The lowest BCUT2D eigenvalue weighted by atomic mass is 10.2. The predicted molar refractivity (Wildman–Crippen MR) is 138 cm³/mol. The summed E-state index contributed by atoms with van der Waals surface area (Å²) in [5, 5.41) is 5.33. The molecule has 0 aliphatic heterocycles. The van der Waals surface area contributed by atoms with E-state index in [0.29, 0.717) is 6.42 Å². The van der Waals surface area contributed by atoms with E-state index in [0.717, 1.165) is 10.5 Å². The van der Waals surface area contributed by atoms with Crippen molar-refractivity contribution in [2.75, 3.05) is 0 Å². The second-order valence-electron chi connectivity index (χ2n) is 9.16. The third-order valence-corrected chi connectivity index (χ3v) is 11.8. The Labute approximate surface area is 196 Å². The molecule has 0 aliphatic rings. The van der Waals surface area contributed by atoms with E-state index in [1.165, 1.54) is 10.4 Å². The standard InChI is InChI=1S/C28H32O2SSi/c1-23-18-20-25(21-19-23)31(29)22-12-13-24(2)30-32(28(3,4)5,26-14-8-6-9-15-26)27-16-10-7-11-17-27/h6-11,14-21,24H,13H2,1-5H3/t24?,31-/m1/s1. The Morgan fingerprint density at radius 3 is 1.84 bits per heavy atom. The molecule has 0 N–H and O–H groups in total. The summed E-state index contributed by atoms with van der Waals surface area (Å²) in [4.78, 5) is 0.739. The van der Waals surface area contributed by atoms with Crippen LogP contribution in [0.2, 0.25) is 5.04 Å². The summed E-state index contributed by atoms with van der Waals surface area (Å²) in [6.07, 6.45) is 0.436. The van der Waals surface area contributed by atoms with Gasteiger partial charge in [0.05, 0.1) is 11.0 Å². The molecule has 4 heteroatoms. The van der Waals surface area contributed by atoms with Crippen molar-refractivity contribution in [1.29, 1.82) is 0 Å². The average molecular weight is 461 g/mol. The molecule has 0 saturated carbocycles. The van der Waals surface area contributed by atoms with Gasteiger partial charge >= 0.3 is 0 Å². The summed E-state index contributed by atoms with van der Waals surface area (Å²) in [7, 11) is -3.93. The molecule has 0 amide bonds. The molecule has 0 aliphatic carbocycles. The minimum atomic E-state index is -2.60. The second-order valence-corrected chi connectivity index (χ2v) is 14.6. The molecule has 0 radical (unpaired) electrons. The predicted octanol–water partition coefficient (Wildman–Crippen LogP) is 5.42. The van der Waals surface area contributed by atoms with Gasteiger partial charge in [-0.2, -0.15) is 0 Å². The lowest BCUT2D eigenvalue weighted by molar-refractivity contribution is 0.212. The van der Waals surface area contributed by atoms with Gasteiger partial charge in [-0.25, -0.2) is 4.21 Å². The molecular formula is C28H32O2SSi. The smallest absolute Gasteiger partial charge is 0.261 e. The molecule has 0 bridgehead atoms. The maximum Gasteiger partial charge on any atom is 0.261 e. The third-order valence-electron chi connectivity index (χ3n) is 5.58. The molecule has 3 rings (SSSR count). The first kappa shape index (κ1) is 24.2. The van der Waals surface area contributed by atoms with E-state index >= 15 is 0 Å². The Morgan fingerprint density at radius 2 is 1.38 bits per heavy atom. The van der Waals surface area contributed by atoms with E-state index in [4.69, 9.17) is 4.43 Å². The number of benzene rings is 3. The second kappa shape index (κ2) is 10.4. The lowest BCUT2D eigenvalue weighted by Crippen LogP contribution is -2.67. The quantitative estimate of drug-likeness (QED) is 0.363. The van der Waals surface area contributed by atoms with Crippen LogP contribution >= 0.6 is 0 Å². The molecule has 0 heterocycles. The van der Waals surface area contributed by atoms with Gasteiger partial charge in [0.25, 0.3) is 8.32 Å².